The molecule has 0 amide bonds. The first kappa shape index (κ1) is 13.2. The molecule has 1 saturated heterocycles. The van der Waals surface area contributed by atoms with Crippen molar-refractivity contribution >= 4 is 0 Å². The normalized spacial score (nSPS) is 32.3. The van der Waals surface area contributed by atoms with E-state index in [4.69, 9.17) is 0 Å². The number of likely N-dealkylation sites (tertiary alicyclic amines) is 1. The Morgan fingerprint density at radius 1 is 1.00 bits per heavy atom. The third-order valence-corrected chi connectivity index (χ3v) is 5.27. The predicted octanol–water partition coefficient (Wildman–Crippen LogP) is 4.30. The van der Waals surface area contributed by atoms with E-state index >= 15 is 0 Å². The Bertz CT molecular complexity index is 417. The lowest BCUT2D eigenvalue weighted by Gasteiger charge is -2.34. The van der Waals surface area contributed by atoms with Gasteiger partial charge in [0.2, 0.25) is 0 Å². The van der Waals surface area contributed by atoms with E-state index in [1.807, 2.05) is 0 Å². The van der Waals surface area contributed by atoms with Gasteiger partial charge in [-0.2, -0.15) is 0 Å². The summed E-state index contributed by atoms with van der Waals surface area (Å²) in [5, 5.41) is 0. The van der Waals surface area contributed by atoms with Gasteiger partial charge in [-0.15, -0.1) is 0 Å². The van der Waals surface area contributed by atoms with Gasteiger partial charge in [0.15, 0.2) is 0 Å². The van der Waals surface area contributed by atoms with Crippen LogP contribution >= 0.6 is 0 Å². The molecule has 0 aromatic heterocycles. The summed E-state index contributed by atoms with van der Waals surface area (Å²) in [4.78, 5) is 2.71. The summed E-state index contributed by atoms with van der Waals surface area (Å²) in [5.74, 6) is 2.61. The maximum Gasteiger partial charge on any atom is 0.0125 e. The van der Waals surface area contributed by atoms with E-state index in [1.165, 1.54) is 32.4 Å². The molecule has 1 aliphatic heterocycles. The maximum atomic E-state index is 2.71. The molecule has 0 bridgehead atoms. The Kier molecular flexibility index (Phi) is 3.42. The predicted molar refractivity (Wildman–Crippen MR) is 81.3 cm³/mol. The second kappa shape index (κ2) is 4.94. The van der Waals surface area contributed by atoms with E-state index in [0.29, 0.717) is 5.54 Å². The van der Waals surface area contributed by atoms with Gasteiger partial charge in [0.1, 0.15) is 0 Å². The van der Waals surface area contributed by atoms with E-state index in [9.17, 15) is 0 Å². The molecule has 1 saturated carbocycles. The van der Waals surface area contributed by atoms with Crippen molar-refractivity contribution in [3.8, 4) is 0 Å². The lowest BCUT2D eigenvalue weighted by molar-refractivity contribution is 0.164. The first-order valence-electron chi connectivity index (χ1n) is 7.86. The van der Waals surface area contributed by atoms with Crippen LogP contribution in [-0.2, 0) is 0 Å². The Hall–Kier alpha value is -0.820. The van der Waals surface area contributed by atoms with E-state index < -0.39 is 0 Å². The summed E-state index contributed by atoms with van der Waals surface area (Å²) in [6.45, 7) is 9.71. The third kappa shape index (κ3) is 2.58. The van der Waals surface area contributed by atoms with Crippen molar-refractivity contribution in [3.63, 3.8) is 0 Å². The lowest BCUT2D eigenvalue weighted by Crippen LogP contribution is -2.39. The molecule has 1 unspecified atom stereocenters. The van der Waals surface area contributed by atoms with Crippen molar-refractivity contribution in [1.29, 1.82) is 0 Å². The molecule has 1 aromatic rings. The zero-order valence-electron chi connectivity index (χ0n) is 12.6. The van der Waals surface area contributed by atoms with Gasteiger partial charge in [-0.25, -0.2) is 0 Å². The number of fused-ring (bicyclic) bond motifs is 1. The topological polar surface area (TPSA) is 3.24 Å². The van der Waals surface area contributed by atoms with Crippen molar-refractivity contribution in [3.05, 3.63) is 35.9 Å². The highest BCUT2D eigenvalue weighted by Gasteiger charge is 2.43. The molecule has 1 nitrogen and oxygen atoms in total. The van der Waals surface area contributed by atoms with Crippen molar-refractivity contribution in [1.82, 2.24) is 4.90 Å². The van der Waals surface area contributed by atoms with Crippen molar-refractivity contribution < 1.29 is 0 Å². The summed E-state index contributed by atoms with van der Waals surface area (Å²) in [6.07, 6.45) is 4.25. The molecule has 0 spiro atoms. The summed E-state index contributed by atoms with van der Waals surface area (Å²) in [5.41, 5.74) is 1.91. The lowest BCUT2D eigenvalue weighted by atomic mass is 9.71. The Morgan fingerprint density at radius 3 is 2.42 bits per heavy atom. The standard InChI is InChI=1S/C18H27N/c1-18(2,3)19-12-15-10-7-11-16(17(15)13-19)14-8-5-4-6-9-14/h4-6,8-9,15-17H,7,10-13H2,1-3H3/t15?,16-,17-/m1/s1. The molecule has 1 aliphatic carbocycles. The highest BCUT2D eigenvalue weighted by Crippen LogP contribution is 2.46. The number of benzene rings is 1. The maximum absolute atomic E-state index is 2.71. The zero-order chi connectivity index (χ0) is 13.5. The monoisotopic (exact) mass is 257 g/mol. The number of nitrogens with zero attached hydrogens (tertiary/aromatic N) is 1. The van der Waals surface area contributed by atoms with Gasteiger partial charge in [0.25, 0.3) is 0 Å². The fourth-order valence-corrected chi connectivity index (χ4v) is 4.13. The van der Waals surface area contributed by atoms with Gasteiger partial charge in [-0.3, -0.25) is 4.90 Å². The summed E-state index contributed by atoms with van der Waals surface area (Å²) < 4.78 is 0. The van der Waals surface area contributed by atoms with Crippen LogP contribution in [0, 0.1) is 11.8 Å². The van der Waals surface area contributed by atoms with Crippen LogP contribution in [0.3, 0.4) is 0 Å². The second-order valence-electron chi connectivity index (χ2n) is 7.45. The van der Waals surface area contributed by atoms with Crippen molar-refractivity contribution in [2.75, 3.05) is 13.1 Å². The van der Waals surface area contributed by atoms with Crippen LogP contribution in [0.4, 0.5) is 0 Å². The van der Waals surface area contributed by atoms with Crippen LogP contribution in [0.5, 0.6) is 0 Å². The largest absolute Gasteiger partial charge is 0.298 e. The quantitative estimate of drug-likeness (QED) is 0.725. The number of hydrogen-bond donors (Lipinski definition) is 0. The molecule has 19 heavy (non-hydrogen) atoms. The molecule has 1 aromatic carbocycles. The second-order valence-corrected chi connectivity index (χ2v) is 7.45. The molecular weight excluding hydrogens is 230 g/mol. The minimum absolute atomic E-state index is 0.332. The first-order chi connectivity index (χ1) is 9.05. The smallest absolute Gasteiger partial charge is 0.0125 e. The van der Waals surface area contributed by atoms with Crippen LogP contribution in [-0.4, -0.2) is 23.5 Å². The van der Waals surface area contributed by atoms with E-state index in [0.717, 1.165) is 17.8 Å². The van der Waals surface area contributed by atoms with Crippen LogP contribution < -0.4 is 0 Å². The fourth-order valence-electron chi connectivity index (χ4n) is 4.13. The molecule has 0 radical (unpaired) electrons. The molecular formula is C18H27N. The van der Waals surface area contributed by atoms with E-state index in [-0.39, 0.29) is 0 Å². The zero-order valence-corrected chi connectivity index (χ0v) is 12.6. The minimum atomic E-state index is 0.332. The van der Waals surface area contributed by atoms with Gasteiger partial charge in [-0.1, -0.05) is 36.8 Å². The van der Waals surface area contributed by atoms with Crippen LogP contribution in [0.2, 0.25) is 0 Å². The summed E-state index contributed by atoms with van der Waals surface area (Å²) >= 11 is 0. The minimum Gasteiger partial charge on any atom is -0.298 e. The Balaban J connectivity index is 1.81. The molecule has 1 heteroatoms. The first-order valence-corrected chi connectivity index (χ1v) is 7.86. The SMILES string of the molecule is CC(C)(C)N1CC2CCC[C@H](c3ccccc3)[C@@H]2C1. The molecule has 3 rings (SSSR count). The average Bonchev–Trinajstić information content (AvgIpc) is 2.83. The number of hydrogen-bond acceptors (Lipinski definition) is 1. The fraction of sp³-hybridized carbons (Fsp3) is 0.667. The average molecular weight is 257 g/mol. The van der Waals surface area contributed by atoms with Gasteiger partial charge < -0.3 is 0 Å². The van der Waals surface area contributed by atoms with E-state index in [2.05, 4.69) is 56.0 Å². The van der Waals surface area contributed by atoms with Crippen LogP contribution in [0.1, 0.15) is 51.5 Å². The van der Waals surface area contributed by atoms with Crippen molar-refractivity contribution in [2.45, 2.75) is 51.5 Å². The number of rotatable bonds is 1. The van der Waals surface area contributed by atoms with Crippen LogP contribution in [0.15, 0.2) is 30.3 Å². The van der Waals surface area contributed by atoms with Gasteiger partial charge in [-0.05, 0) is 56.9 Å². The Morgan fingerprint density at radius 2 is 1.74 bits per heavy atom. The van der Waals surface area contributed by atoms with Gasteiger partial charge in [0.05, 0.1) is 0 Å². The van der Waals surface area contributed by atoms with Gasteiger partial charge in [0, 0.05) is 18.6 Å². The highest BCUT2D eigenvalue weighted by atomic mass is 15.2. The molecule has 1 heterocycles. The Labute approximate surface area is 118 Å². The van der Waals surface area contributed by atoms with Gasteiger partial charge >= 0.3 is 0 Å². The van der Waals surface area contributed by atoms with E-state index in [1.54, 1.807) is 5.56 Å². The molecule has 2 fully saturated rings. The third-order valence-electron chi connectivity index (χ3n) is 5.27. The van der Waals surface area contributed by atoms with Crippen LogP contribution in [0.25, 0.3) is 0 Å². The molecule has 3 atom stereocenters. The molecule has 104 valence electrons. The highest BCUT2D eigenvalue weighted by molar-refractivity contribution is 5.22. The molecule has 2 aliphatic rings. The van der Waals surface area contributed by atoms with Crippen molar-refractivity contribution in [2.24, 2.45) is 11.8 Å². The molecule has 0 N–H and O–H groups in total. The summed E-state index contributed by atoms with van der Waals surface area (Å²) in [7, 11) is 0. The summed E-state index contributed by atoms with van der Waals surface area (Å²) in [6, 6.07) is 11.2.